The van der Waals surface area contributed by atoms with E-state index in [0.717, 1.165) is 5.56 Å². The van der Waals surface area contributed by atoms with E-state index in [1.807, 2.05) is 24.3 Å². The summed E-state index contributed by atoms with van der Waals surface area (Å²) in [7, 11) is -2.28. The Hall–Kier alpha value is -1.67. The second-order valence-electron chi connectivity index (χ2n) is 5.94. The fourth-order valence-electron chi connectivity index (χ4n) is 3.17. The monoisotopic (exact) mass is 400 g/mol. The summed E-state index contributed by atoms with van der Waals surface area (Å²) in [6.45, 7) is 2.80. The largest absolute Gasteiger partial charge is 0.496 e. The van der Waals surface area contributed by atoms with Crippen LogP contribution in [-0.4, -0.2) is 39.5 Å². The molecule has 1 atom stereocenters. The molecule has 0 aliphatic carbocycles. The lowest BCUT2D eigenvalue weighted by Crippen LogP contribution is -2.48. The van der Waals surface area contributed by atoms with Gasteiger partial charge in [-0.15, -0.1) is 12.4 Å². The van der Waals surface area contributed by atoms with Crippen LogP contribution in [-0.2, 0) is 10.0 Å². The normalized spacial score (nSPS) is 18.2. The average molecular weight is 401 g/mol. The van der Waals surface area contributed by atoms with Gasteiger partial charge in [-0.3, -0.25) is 0 Å². The van der Waals surface area contributed by atoms with Crippen molar-refractivity contribution in [2.75, 3.05) is 26.7 Å². The molecule has 2 aromatic carbocycles. The van der Waals surface area contributed by atoms with E-state index in [0.29, 0.717) is 25.4 Å². The summed E-state index contributed by atoms with van der Waals surface area (Å²) in [5, 5.41) is 3.23. The highest BCUT2D eigenvalue weighted by molar-refractivity contribution is 7.89. The summed E-state index contributed by atoms with van der Waals surface area (Å²) in [5.41, 5.74) is 0.926. The number of piperazine rings is 1. The number of nitrogens with zero attached hydrogens (tertiary/aromatic N) is 1. The first kappa shape index (κ1) is 20.6. The minimum atomic E-state index is -3.84. The fourth-order valence-corrected chi connectivity index (χ4v) is 5.02. The van der Waals surface area contributed by atoms with E-state index in [1.54, 1.807) is 7.11 Å². The minimum absolute atomic E-state index is 0. The van der Waals surface area contributed by atoms with Crippen LogP contribution in [0.25, 0.3) is 0 Å². The lowest BCUT2D eigenvalue weighted by Gasteiger charge is -2.36. The zero-order valence-corrected chi connectivity index (χ0v) is 16.2. The number of benzene rings is 2. The van der Waals surface area contributed by atoms with Crippen molar-refractivity contribution in [2.45, 2.75) is 17.9 Å². The van der Waals surface area contributed by atoms with Crippen molar-refractivity contribution < 1.29 is 17.5 Å². The number of sulfonamides is 1. The van der Waals surface area contributed by atoms with Crippen LogP contribution in [0.3, 0.4) is 0 Å². The quantitative estimate of drug-likeness (QED) is 0.857. The maximum absolute atomic E-state index is 13.9. The number of para-hydroxylation sites is 1. The third kappa shape index (κ3) is 3.71. The van der Waals surface area contributed by atoms with E-state index in [9.17, 15) is 12.8 Å². The van der Waals surface area contributed by atoms with Gasteiger partial charge in [-0.2, -0.15) is 4.31 Å². The molecular weight excluding hydrogens is 379 g/mol. The summed E-state index contributed by atoms with van der Waals surface area (Å²) in [5.74, 6) is 0.109. The number of ether oxygens (including phenoxy) is 1. The molecule has 3 rings (SSSR count). The van der Waals surface area contributed by atoms with Gasteiger partial charge in [-0.25, -0.2) is 12.8 Å². The Morgan fingerprint density at radius 2 is 1.92 bits per heavy atom. The second kappa shape index (κ2) is 8.35. The Balaban J connectivity index is 0.00000243. The molecule has 1 unspecified atom stereocenters. The van der Waals surface area contributed by atoms with Crippen LogP contribution in [0, 0.1) is 12.7 Å². The van der Waals surface area contributed by atoms with Crippen molar-refractivity contribution in [1.29, 1.82) is 0 Å². The molecule has 1 saturated heterocycles. The number of hydrogen-bond donors (Lipinski definition) is 1. The molecule has 1 aliphatic heterocycles. The highest BCUT2D eigenvalue weighted by Crippen LogP contribution is 2.34. The second-order valence-corrected chi connectivity index (χ2v) is 7.80. The average Bonchev–Trinajstić information content (AvgIpc) is 2.63. The van der Waals surface area contributed by atoms with Gasteiger partial charge in [0, 0.05) is 30.8 Å². The maximum atomic E-state index is 13.9. The van der Waals surface area contributed by atoms with Gasteiger partial charge in [0.15, 0.2) is 0 Å². The van der Waals surface area contributed by atoms with Gasteiger partial charge >= 0.3 is 0 Å². The lowest BCUT2D eigenvalue weighted by molar-refractivity contribution is 0.264. The molecular formula is C18H22ClFN2O3S. The Morgan fingerprint density at radius 3 is 2.65 bits per heavy atom. The topological polar surface area (TPSA) is 58.6 Å². The Labute approximate surface area is 159 Å². The van der Waals surface area contributed by atoms with Gasteiger partial charge < -0.3 is 10.1 Å². The number of halogens is 2. The summed E-state index contributed by atoms with van der Waals surface area (Å²) in [6.07, 6.45) is 0. The Morgan fingerprint density at radius 1 is 1.19 bits per heavy atom. The van der Waals surface area contributed by atoms with Crippen molar-refractivity contribution >= 4 is 22.4 Å². The van der Waals surface area contributed by atoms with Crippen LogP contribution in [0.15, 0.2) is 47.4 Å². The molecule has 2 aromatic rings. The SMILES string of the molecule is COc1ccccc1C1CNCCN1S(=O)(=O)c1cccc(F)c1C.Cl. The highest BCUT2D eigenvalue weighted by Gasteiger charge is 2.36. The van der Waals surface area contributed by atoms with Crippen LogP contribution < -0.4 is 10.1 Å². The standard InChI is InChI=1S/C18H21FN2O3S.ClH/c1-13-15(19)7-5-9-18(13)25(22,23)21-11-10-20-12-16(21)14-6-3-4-8-17(14)24-2;/h3-9,16,20H,10-12H2,1-2H3;1H. The number of hydrogen-bond acceptors (Lipinski definition) is 4. The zero-order valence-electron chi connectivity index (χ0n) is 14.6. The van der Waals surface area contributed by atoms with E-state index in [2.05, 4.69) is 5.32 Å². The van der Waals surface area contributed by atoms with E-state index in [4.69, 9.17) is 4.74 Å². The molecule has 0 radical (unpaired) electrons. The van der Waals surface area contributed by atoms with Gasteiger partial charge in [-0.1, -0.05) is 24.3 Å². The molecule has 0 saturated carbocycles. The van der Waals surface area contributed by atoms with Gasteiger partial charge in [0.1, 0.15) is 11.6 Å². The summed E-state index contributed by atoms with van der Waals surface area (Å²) >= 11 is 0. The fraction of sp³-hybridized carbons (Fsp3) is 0.333. The van der Waals surface area contributed by atoms with Crippen molar-refractivity contribution in [3.05, 3.63) is 59.4 Å². The third-order valence-corrected chi connectivity index (χ3v) is 6.55. The Kier molecular flexibility index (Phi) is 6.63. The van der Waals surface area contributed by atoms with Crippen LogP contribution in [0.2, 0.25) is 0 Å². The molecule has 1 fully saturated rings. The number of rotatable bonds is 4. The van der Waals surface area contributed by atoms with Crippen LogP contribution in [0.1, 0.15) is 17.2 Å². The van der Waals surface area contributed by atoms with Crippen molar-refractivity contribution in [3.63, 3.8) is 0 Å². The highest BCUT2D eigenvalue weighted by atomic mass is 35.5. The summed E-state index contributed by atoms with van der Waals surface area (Å²) < 4.78 is 47.2. The van der Waals surface area contributed by atoms with E-state index < -0.39 is 21.9 Å². The van der Waals surface area contributed by atoms with E-state index >= 15 is 0 Å². The van der Waals surface area contributed by atoms with Gasteiger partial charge in [0.25, 0.3) is 0 Å². The van der Waals surface area contributed by atoms with Gasteiger partial charge in [-0.05, 0) is 25.1 Å². The van der Waals surface area contributed by atoms with Crippen molar-refractivity contribution in [1.82, 2.24) is 9.62 Å². The molecule has 26 heavy (non-hydrogen) atoms. The van der Waals surface area contributed by atoms with Crippen molar-refractivity contribution in [3.8, 4) is 5.75 Å². The van der Waals surface area contributed by atoms with E-state index in [-0.39, 0.29) is 22.9 Å². The number of methoxy groups -OCH3 is 1. The molecule has 142 valence electrons. The molecule has 1 heterocycles. The zero-order chi connectivity index (χ0) is 18.0. The molecule has 0 bridgehead atoms. The van der Waals surface area contributed by atoms with Crippen molar-refractivity contribution in [2.24, 2.45) is 0 Å². The first-order valence-corrected chi connectivity index (χ1v) is 9.51. The molecule has 0 amide bonds. The number of nitrogens with one attached hydrogen (secondary N) is 1. The first-order valence-electron chi connectivity index (χ1n) is 8.07. The van der Waals surface area contributed by atoms with Crippen LogP contribution in [0.4, 0.5) is 4.39 Å². The third-order valence-electron chi connectivity index (χ3n) is 4.50. The molecule has 1 N–H and O–H groups in total. The summed E-state index contributed by atoms with van der Waals surface area (Å²) in [6, 6.07) is 11.1. The molecule has 1 aliphatic rings. The molecule has 0 spiro atoms. The van der Waals surface area contributed by atoms with Crippen LogP contribution >= 0.6 is 12.4 Å². The summed E-state index contributed by atoms with van der Waals surface area (Å²) in [4.78, 5) is 0.00861. The Bertz CT molecular complexity index is 876. The smallest absolute Gasteiger partial charge is 0.244 e. The van der Waals surface area contributed by atoms with Gasteiger partial charge in [0.05, 0.1) is 18.0 Å². The predicted molar refractivity (Wildman–Crippen MR) is 101 cm³/mol. The molecule has 8 heteroatoms. The lowest BCUT2D eigenvalue weighted by atomic mass is 10.0. The first-order chi connectivity index (χ1) is 12.0. The molecule has 0 aromatic heterocycles. The minimum Gasteiger partial charge on any atom is -0.496 e. The van der Waals surface area contributed by atoms with E-state index in [1.165, 1.54) is 29.4 Å². The van der Waals surface area contributed by atoms with Gasteiger partial charge in [0.2, 0.25) is 10.0 Å². The maximum Gasteiger partial charge on any atom is 0.244 e. The predicted octanol–water partition coefficient (Wildman–Crippen LogP) is 2.90. The van der Waals surface area contributed by atoms with Crippen LogP contribution in [0.5, 0.6) is 5.75 Å². The molecule has 5 nitrogen and oxygen atoms in total.